The first-order valence-electron chi connectivity index (χ1n) is 11.4. The molecule has 0 N–H and O–H groups in total. The van der Waals surface area contributed by atoms with Crippen molar-refractivity contribution in [2.75, 3.05) is 31.1 Å². The molecule has 1 aromatic heterocycles. The van der Waals surface area contributed by atoms with Gasteiger partial charge in [-0.3, -0.25) is 0 Å². The topological polar surface area (TPSA) is 58.6 Å². The lowest BCUT2D eigenvalue weighted by Gasteiger charge is -2.27. The van der Waals surface area contributed by atoms with Crippen molar-refractivity contribution in [1.29, 1.82) is 0 Å². The van der Waals surface area contributed by atoms with E-state index >= 15 is 0 Å². The molecule has 6 nitrogen and oxygen atoms in total. The molecule has 3 heterocycles. The fourth-order valence-electron chi connectivity index (χ4n) is 5.44. The lowest BCUT2D eigenvalue weighted by Crippen LogP contribution is -2.37. The quantitative estimate of drug-likeness (QED) is 0.610. The van der Waals surface area contributed by atoms with Gasteiger partial charge in [-0.15, -0.1) is 0 Å². The standard InChI is InChI=1S/C24H29ClN4O2/c1-3-4-11-31-23(30)28-10-9-24(13-28)14-29(20-8-6-17(25)12-18(20)24)22-21-16(2)5-7-19(21)26-15-27-22/h6,8,12,15-16H,3-5,7,9-11,13-14H2,1-2H3/t16-,24?/m1/s1. The molecular weight excluding hydrogens is 412 g/mol. The van der Waals surface area contributed by atoms with Gasteiger partial charge in [-0.25, -0.2) is 14.8 Å². The lowest BCUT2D eigenvalue weighted by atomic mass is 9.81. The molecule has 31 heavy (non-hydrogen) atoms. The predicted molar refractivity (Wildman–Crippen MR) is 121 cm³/mol. The maximum Gasteiger partial charge on any atom is 0.409 e. The average Bonchev–Trinajstić information content (AvgIpc) is 3.45. The Morgan fingerprint density at radius 1 is 1.32 bits per heavy atom. The molecule has 2 atom stereocenters. The second-order valence-electron chi connectivity index (χ2n) is 9.16. The zero-order valence-electron chi connectivity index (χ0n) is 18.2. The fraction of sp³-hybridized carbons (Fsp3) is 0.542. The van der Waals surface area contributed by atoms with Gasteiger partial charge in [-0.2, -0.15) is 0 Å². The highest BCUT2D eigenvalue weighted by Gasteiger charge is 2.50. The van der Waals surface area contributed by atoms with Crippen LogP contribution in [0.1, 0.15) is 62.3 Å². The maximum atomic E-state index is 12.6. The summed E-state index contributed by atoms with van der Waals surface area (Å²) in [5, 5.41) is 0.727. The molecule has 1 spiro atoms. The summed E-state index contributed by atoms with van der Waals surface area (Å²) in [6.45, 7) is 6.97. The Hall–Kier alpha value is -2.34. The number of ether oxygens (including phenoxy) is 1. The number of amides is 1. The van der Waals surface area contributed by atoms with Gasteiger partial charge in [0, 0.05) is 47.0 Å². The largest absolute Gasteiger partial charge is 0.449 e. The molecule has 1 saturated heterocycles. The van der Waals surface area contributed by atoms with Crippen LogP contribution in [0.3, 0.4) is 0 Å². The highest BCUT2D eigenvalue weighted by Crippen LogP contribution is 2.51. The molecular formula is C24H29ClN4O2. The molecule has 1 amide bonds. The van der Waals surface area contributed by atoms with Crippen LogP contribution in [-0.2, 0) is 16.6 Å². The first-order valence-corrected chi connectivity index (χ1v) is 11.7. The summed E-state index contributed by atoms with van der Waals surface area (Å²) in [4.78, 5) is 26.1. The minimum absolute atomic E-state index is 0.163. The smallest absolute Gasteiger partial charge is 0.409 e. The van der Waals surface area contributed by atoms with E-state index in [2.05, 4.69) is 35.9 Å². The highest BCUT2D eigenvalue weighted by atomic mass is 35.5. The number of hydrogen-bond donors (Lipinski definition) is 0. The summed E-state index contributed by atoms with van der Waals surface area (Å²) >= 11 is 6.43. The molecule has 1 unspecified atom stereocenters. The van der Waals surface area contributed by atoms with Crippen molar-refractivity contribution in [2.45, 2.75) is 57.3 Å². The van der Waals surface area contributed by atoms with Gasteiger partial charge in [0.1, 0.15) is 12.1 Å². The summed E-state index contributed by atoms with van der Waals surface area (Å²) in [6, 6.07) is 6.12. The Balaban J connectivity index is 1.48. The number of fused-ring (bicyclic) bond motifs is 3. The minimum Gasteiger partial charge on any atom is -0.449 e. The van der Waals surface area contributed by atoms with Gasteiger partial charge in [0.05, 0.1) is 6.61 Å². The van der Waals surface area contributed by atoms with Gasteiger partial charge in [-0.1, -0.05) is 31.9 Å². The molecule has 3 aliphatic rings. The van der Waals surface area contributed by atoms with E-state index in [0.29, 0.717) is 25.6 Å². The molecule has 0 saturated carbocycles. The number of aryl methyl sites for hydroxylation is 1. The zero-order valence-corrected chi connectivity index (χ0v) is 19.0. The van der Waals surface area contributed by atoms with Crippen LogP contribution >= 0.6 is 11.6 Å². The molecule has 0 bridgehead atoms. The van der Waals surface area contributed by atoms with Gasteiger partial charge < -0.3 is 14.5 Å². The number of unbranched alkanes of at least 4 members (excludes halogenated alkanes) is 1. The minimum atomic E-state index is -0.205. The molecule has 0 radical (unpaired) electrons. The Bertz CT molecular complexity index is 1010. The van der Waals surface area contributed by atoms with Crippen LogP contribution in [0.5, 0.6) is 0 Å². The zero-order chi connectivity index (χ0) is 21.6. The van der Waals surface area contributed by atoms with E-state index < -0.39 is 0 Å². The van der Waals surface area contributed by atoms with Crippen molar-refractivity contribution >= 4 is 29.2 Å². The molecule has 1 fully saturated rings. The number of nitrogens with zero attached hydrogens (tertiary/aromatic N) is 4. The second kappa shape index (κ2) is 7.97. The molecule has 1 aliphatic carbocycles. The number of hydrogen-bond acceptors (Lipinski definition) is 5. The summed E-state index contributed by atoms with van der Waals surface area (Å²) in [5.74, 6) is 1.46. The van der Waals surface area contributed by atoms with Crippen molar-refractivity contribution in [3.63, 3.8) is 0 Å². The number of anilines is 2. The summed E-state index contributed by atoms with van der Waals surface area (Å²) in [5.41, 5.74) is 4.63. The van der Waals surface area contributed by atoms with Crippen molar-refractivity contribution in [3.8, 4) is 0 Å². The highest BCUT2D eigenvalue weighted by molar-refractivity contribution is 6.30. The summed E-state index contributed by atoms with van der Waals surface area (Å²) < 4.78 is 5.49. The predicted octanol–water partition coefficient (Wildman–Crippen LogP) is 5.21. The van der Waals surface area contributed by atoms with Crippen LogP contribution in [0.2, 0.25) is 5.02 Å². The molecule has 1 aromatic carbocycles. The van der Waals surface area contributed by atoms with Crippen molar-refractivity contribution in [1.82, 2.24) is 14.9 Å². The van der Waals surface area contributed by atoms with E-state index in [9.17, 15) is 4.79 Å². The maximum absolute atomic E-state index is 12.6. The van der Waals surface area contributed by atoms with Crippen molar-refractivity contribution in [2.24, 2.45) is 0 Å². The number of rotatable bonds is 4. The van der Waals surface area contributed by atoms with E-state index in [4.69, 9.17) is 21.3 Å². The Labute approximate surface area is 188 Å². The van der Waals surface area contributed by atoms with E-state index in [-0.39, 0.29) is 11.5 Å². The first-order chi connectivity index (χ1) is 15.0. The second-order valence-corrected chi connectivity index (χ2v) is 9.60. The molecule has 164 valence electrons. The van der Waals surface area contributed by atoms with Gasteiger partial charge in [0.15, 0.2) is 0 Å². The van der Waals surface area contributed by atoms with Crippen LogP contribution in [0.15, 0.2) is 24.5 Å². The van der Waals surface area contributed by atoms with E-state index in [0.717, 1.165) is 55.2 Å². The Morgan fingerprint density at radius 3 is 3.03 bits per heavy atom. The van der Waals surface area contributed by atoms with Crippen LogP contribution in [0.25, 0.3) is 0 Å². The monoisotopic (exact) mass is 440 g/mol. The molecule has 7 heteroatoms. The summed E-state index contributed by atoms with van der Waals surface area (Å²) in [7, 11) is 0. The van der Waals surface area contributed by atoms with Crippen LogP contribution < -0.4 is 4.90 Å². The number of carbonyl (C=O) groups is 1. The summed E-state index contributed by atoms with van der Waals surface area (Å²) in [6.07, 6.45) is 6.42. The third kappa shape index (κ3) is 3.45. The lowest BCUT2D eigenvalue weighted by molar-refractivity contribution is 0.107. The fourth-order valence-corrected chi connectivity index (χ4v) is 5.61. The van der Waals surface area contributed by atoms with Crippen LogP contribution in [0, 0.1) is 0 Å². The van der Waals surface area contributed by atoms with Crippen molar-refractivity contribution in [3.05, 3.63) is 46.4 Å². The third-order valence-electron chi connectivity index (χ3n) is 7.12. The Kier molecular flexibility index (Phi) is 5.29. The van der Waals surface area contributed by atoms with Gasteiger partial charge >= 0.3 is 6.09 Å². The molecule has 2 aromatic rings. The van der Waals surface area contributed by atoms with E-state index in [1.165, 1.54) is 16.8 Å². The number of halogens is 1. The number of carbonyl (C=O) groups excluding carboxylic acids is 1. The molecule has 2 aliphatic heterocycles. The van der Waals surface area contributed by atoms with Gasteiger partial charge in [0.2, 0.25) is 0 Å². The third-order valence-corrected chi connectivity index (χ3v) is 7.36. The van der Waals surface area contributed by atoms with Crippen molar-refractivity contribution < 1.29 is 9.53 Å². The van der Waals surface area contributed by atoms with Crippen LogP contribution in [-0.4, -0.2) is 47.2 Å². The van der Waals surface area contributed by atoms with E-state index in [1.54, 1.807) is 6.33 Å². The molecule has 5 rings (SSSR count). The number of benzene rings is 1. The van der Waals surface area contributed by atoms with E-state index in [1.807, 2.05) is 11.0 Å². The average molecular weight is 441 g/mol. The Morgan fingerprint density at radius 2 is 2.19 bits per heavy atom. The normalized spacial score (nSPS) is 24.0. The SMILES string of the molecule is CCCCOC(=O)N1CCC2(C1)CN(c1ncnc3c1[C@H](C)CC3)c1ccc(Cl)cc12. The van der Waals surface area contributed by atoms with Crippen LogP contribution in [0.4, 0.5) is 16.3 Å². The number of aromatic nitrogens is 2. The first kappa shape index (κ1) is 20.6. The number of likely N-dealkylation sites (tertiary alicyclic amines) is 1. The van der Waals surface area contributed by atoms with Gasteiger partial charge in [-0.05, 0) is 55.4 Å². The van der Waals surface area contributed by atoms with Gasteiger partial charge in [0.25, 0.3) is 0 Å².